The Kier molecular flexibility index (Phi) is 3.49. The summed E-state index contributed by atoms with van der Waals surface area (Å²) in [5.41, 5.74) is 2.49. The Labute approximate surface area is 104 Å². The van der Waals surface area contributed by atoms with E-state index in [1.807, 2.05) is 31.2 Å². The number of benzene rings is 1. The van der Waals surface area contributed by atoms with Crippen molar-refractivity contribution in [3.63, 3.8) is 0 Å². The number of hydrogen-bond donors (Lipinski definition) is 1. The Morgan fingerprint density at radius 3 is 2.88 bits per heavy atom. The lowest BCUT2D eigenvalue weighted by Crippen LogP contribution is -2.12. The first kappa shape index (κ1) is 11.7. The Morgan fingerprint density at radius 1 is 1.41 bits per heavy atom. The Balaban J connectivity index is 2.16. The summed E-state index contributed by atoms with van der Waals surface area (Å²) in [5, 5.41) is 2.77. The number of alkyl halides is 1. The molecule has 88 valence electrons. The van der Waals surface area contributed by atoms with Gasteiger partial charge in [-0.15, -0.1) is 11.6 Å². The molecule has 4 heteroatoms. The number of furan rings is 1. The zero-order valence-corrected chi connectivity index (χ0v) is 10.1. The third-order valence-corrected chi connectivity index (χ3v) is 2.72. The predicted molar refractivity (Wildman–Crippen MR) is 67.4 cm³/mol. The summed E-state index contributed by atoms with van der Waals surface area (Å²) in [6.07, 6.45) is 1.50. The number of carbonyl (C=O) groups is 1. The molecule has 0 saturated carbocycles. The highest BCUT2D eigenvalue weighted by atomic mass is 35.5. The van der Waals surface area contributed by atoms with Gasteiger partial charge in [-0.1, -0.05) is 12.1 Å². The monoisotopic (exact) mass is 249 g/mol. The fourth-order valence-corrected chi connectivity index (χ4v) is 1.69. The third-order valence-electron chi connectivity index (χ3n) is 2.41. The van der Waals surface area contributed by atoms with Crippen LogP contribution in [0.15, 0.2) is 41.0 Å². The van der Waals surface area contributed by atoms with Gasteiger partial charge in [0.2, 0.25) is 0 Å². The largest absolute Gasteiger partial charge is 0.459 e. The molecule has 1 aromatic heterocycles. The van der Waals surface area contributed by atoms with Crippen LogP contribution in [-0.4, -0.2) is 5.91 Å². The van der Waals surface area contributed by atoms with Gasteiger partial charge in [0.05, 0.1) is 6.26 Å². The van der Waals surface area contributed by atoms with Crippen molar-refractivity contribution in [2.75, 3.05) is 5.32 Å². The predicted octanol–water partition coefficient (Wildman–Crippen LogP) is 3.58. The lowest BCUT2D eigenvalue weighted by Gasteiger charge is -2.05. The first-order valence-corrected chi connectivity index (χ1v) is 5.74. The van der Waals surface area contributed by atoms with Gasteiger partial charge in [-0.05, 0) is 30.7 Å². The van der Waals surface area contributed by atoms with Gasteiger partial charge in [-0.25, -0.2) is 0 Å². The Hall–Kier alpha value is -1.74. The fraction of sp³-hybridized carbons (Fsp3) is 0.154. The number of amides is 1. The van der Waals surface area contributed by atoms with Crippen LogP contribution in [0.25, 0.3) is 0 Å². The lowest BCUT2D eigenvalue weighted by molar-refractivity contribution is 0.0996. The summed E-state index contributed by atoms with van der Waals surface area (Å²) >= 11 is 5.73. The van der Waals surface area contributed by atoms with Gasteiger partial charge in [0, 0.05) is 17.1 Å². The van der Waals surface area contributed by atoms with Gasteiger partial charge in [0.25, 0.3) is 5.91 Å². The molecule has 3 nitrogen and oxygen atoms in total. The van der Waals surface area contributed by atoms with E-state index in [-0.39, 0.29) is 5.91 Å². The van der Waals surface area contributed by atoms with E-state index < -0.39 is 0 Å². The van der Waals surface area contributed by atoms with Crippen molar-refractivity contribution in [3.05, 3.63) is 53.5 Å². The SMILES string of the molecule is Cc1ccoc1C(=O)Nc1cccc(CCl)c1. The summed E-state index contributed by atoms with van der Waals surface area (Å²) in [7, 11) is 0. The maximum Gasteiger partial charge on any atom is 0.291 e. The van der Waals surface area contributed by atoms with E-state index in [2.05, 4.69) is 5.32 Å². The first-order valence-electron chi connectivity index (χ1n) is 5.21. The third kappa shape index (κ3) is 2.68. The molecule has 17 heavy (non-hydrogen) atoms. The van der Waals surface area contributed by atoms with E-state index in [9.17, 15) is 4.79 Å². The molecular formula is C13H12ClNO2. The average molecular weight is 250 g/mol. The molecule has 2 aromatic rings. The zero-order valence-electron chi connectivity index (χ0n) is 9.37. The number of rotatable bonds is 3. The van der Waals surface area contributed by atoms with E-state index in [0.29, 0.717) is 17.3 Å². The van der Waals surface area contributed by atoms with Crippen molar-refractivity contribution in [1.82, 2.24) is 0 Å². The zero-order chi connectivity index (χ0) is 12.3. The molecule has 1 heterocycles. The van der Waals surface area contributed by atoms with E-state index >= 15 is 0 Å². The van der Waals surface area contributed by atoms with E-state index in [1.54, 1.807) is 6.07 Å². The maximum atomic E-state index is 11.9. The minimum Gasteiger partial charge on any atom is -0.459 e. The molecule has 0 fully saturated rings. The molecule has 0 aliphatic carbocycles. The molecule has 0 unspecified atom stereocenters. The molecule has 0 atom stereocenters. The quantitative estimate of drug-likeness (QED) is 0.845. The molecule has 0 saturated heterocycles. The number of aryl methyl sites for hydroxylation is 1. The number of halogens is 1. The molecule has 0 aliphatic rings. The van der Waals surface area contributed by atoms with Gasteiger partial charge in [-0.2, -0.15) is 0 Å². The number of hydrogen-bond acceptors (Lipinski definition) is 2. The molecule has 2 rings (SSSR count). The summed E-state index contributed by atoms with van der Waals surface area (Å²) in [6, 6.07) is 9.16. The Morgan fingerprint density at radius 2 is 2.24 bits per heavy atom. The van der Waals surface area contributed by atoms with Crippen molar-refractivity contribution in [3.8, 4) is 0 Å². The number of anilines is 1. The lowest BCUT2D eigenvalue weighted by atomic mass is 10.2. The summed E-state index contributed by atoms with van der Waals surface area (Å²) in [6.45, 7) is 1.83. The molecular weight excluding hydrogens is 238 g/mol. The van der Waals surface area contributed by atoms with E-state index in [4.69, 9.17) is 16.0 Å². The van der Waals surface area contributed by atoms with Gasteiger partial charge in [0.1, 0.15) is 0 Å². The van der Waals surface area contributed by atoms with Crippen molar-refractivity contribution in [2.24, 2.45) is 0 Å². The second-order valence-corrected chi connectivity index (χ2v) is 3.99. The minimum absolute atomic E-state index is 0.251. The van der Waals surface area contributed by atoms with Crippen molar-refractivity contribution < 1.29 is 9.21 Å². The molecule has 1 amide bonds. The topological polar surface area (TPSA) is 42.2 Å². The molecule has 0 aliphatic heterocycles. The minimum atomic E-state index is -0.251. The van der Waals surface area contributed by atoms with Crippen LogP contribution in [0.4, 0.5) is 5.69 Å². The maximum absolute atomic E-state index is 11.9. The van der Waals surface area contributed by atoms with E-state index in [1.165, 1.54) is 6.26 Å². The summed E-state index contributed by atoms with van der Waals surface area (Å²) < 4.78 is 5.12. The highest BCUT2D eigenvalue weighted by Gasteiger charge is 2.12. The van der Waals surface area contributed by atoms with Crippen LogP contribution in [-0.2, 0) is 5.88 Å². The van der Waals surface area contributed by atoms with Crippen LogP contribution in [0.5, 0.6) is 0 Å². The van der Waals surface area contributed by atoms with Crippen molar-refractivity contribution >= 4 is 23.2 Å². The fourth-order valence-electron chi connectivity index (χ4n) is 1.53. The number of nitrogens with one attached hydrogen (secondary N) is 1. The second-order valence-electron chi connectivity index (χ2n) is 3.72. The molecule has 0 radical (unpaired) electrons. The van der Waals surface area contributed by atoms with Gasteiger partial charge >= 0.3 is 0 Å². The smallest absolute Gasteiger partial charge is 0.291 e. The standard InChI is InChI=1S/C13H12ClNO2/c1-9-5-6-17-12(9)13(16)15-11-4-2-3-10(7-11)8-14/h2-7H,8H2,1H3,(H,15,16). The van der Waals surface area contributed by atoms with Crippen molar-refractivity contribution in [1.29, 1.82) is 0 Å². The van der Waals surface area contributed by atoms with Crippen LogP contribution in [0.3, 0.4) is 0 Å². The van der Waals surface area contributed by atoms with Crippen LogP contribution >= 0.6 is 11.6 Å². The van der Waals surface area contributed by atoms with Crippen LogP contribution in [0.2, 0.25) is 0 Å². The van der Waals surface area contributed by atoms with Gasteiger partial charge in [0.15, 0.2) is 5.76 Å². The average Bonchev–Trinajstić information content (AvgIpc) is 2.76. The first-order chi connectivity index (χ1) is 8.20. The van der Waals surface area contributed by atoms with Gasteiger partial charge in [-0.3, -0.25) is 4.79 Å². The summed E-state index contributed by atoms with van der Waals surface area (Å²) in [5.74, 6) is 0.504. The van der Waals surface area contributed by atoms with Gasteiger partial charge < -0.3 is 9.73 Å². The molecule has 0 spiro atoms. The molecule has 1 aromatic carbocycles. The van der Waals surface area contributed by atoms with E-state index in [0.717, 1.165) is 11.1 Å². The van der Waals surface area contributed by atoms with Crippen LogP contribution in [0, 0.1) is 6.92 Å². The van der Waals surface area contributed by atoms with Crippen LogP contribution < -0.4 is 5.32 Å². The highest BCUT2D eigenvalue weighted by Crippen LogP contribution is 2.15. The summed E-state index contributed by atoms with van der Waals surface area (Å²) in [4.78, 5) is 11.9. The van der Waals surface area contributed by atoms with Crippen LogP contribution in [0.1, 0.15) is 21.7 Å². The molecule has 1 N–H and O–H groups in total. The molecule has 0 bridgehead atoms. The highest BCUT2D eigenvalue weighted by molar-refractivity contribution is 6.17. The Bertz CT molecular complexity index is 534. The number of carbonyl (C=O) groups excluding carboxylic acids is 1. The second kappa shape index (κ2) is 5.06. The van der Waals surface area contributed by atoms with Crippen molar-refractivity contribution in [2.45, 2.75) is 12.8 Å². The normalized spacial score (nSPS) is 10.2.